The SMILES string of the molecule is NS(=O)(=O)c1cc(F)nc(C(F)F)c1Br. The first-order chi connectivity index (χ1) is 6.73. The smallest absolute Gasteiger partial charge is 0.225 e. The van der Waals surface area contributed by atoms with Crippen LogP contribution in [0.4, 0.5) is 13.2 Å². The van der Waals surface area contributed by atoms with Crippen molar-refractivity contribution in [2.45, 2.75) is 11.3 Å². The highest BCUT2D eigenvalue weighted by molar-refractivity contribution is 9.10. The van der Waals surface area contributed by atoms with Crippen molar-refractivity contribution in [1.29, 1.82) is 0 Å². The van der Waals surface area contributed by atoms with Crippen molar-refractivity contribution < 1.29 is 21.6 Å². The Hall–Kier alpha value is -0.670. The lowest BCUT2D eigenvalue weighted by Crippen LogP contribution is -2.15. The van der Waals surface area contributed by atoms with E-state index in [4.69, 9.17) is 5.14 Å². The van der Waals surface area contributed by atoms with Crippen molar-refractivity contribution in [2.24, 2.45) is 5.14 Å². The Morgan fingerprint density at radius 1 is 1.47 bits per heavy atom. The molecule has 0 aromatic carbocycles. The monoisotopic (exact) mass is 304 g/mol. The molecule has 4 nitrogen and oxygen atoms in total. The highest BCUT2D eigenvalue weighted by Crippen LogP contribution is 2.30. The molecule has 15 heavy (non-hydrogen) atoms. The number of hydrogen-bond donors (Lipinski definition) is 1. The minimum Gasteiger partial charge on any atom is -0.225 e. The Labute approximate surface area is 91.5 Å². The zero-order chi connectivity index (χ0) is 11.8. The fraction of sp³-hybridized carbons (Fsp3) is 0.167. The van der Waals surface area contributed by atoms with Gasteiger partial charge in [-0.25, -0.2) is 27.3 Å². The second-order valence-corrected chi connectivity index (χ2v) is 4.81. The third kappa shape index (κ3) is 2.67. The quantitative estimate of drug-likeness (QED) is 0.843. The van der Waals surface area contributed by atoms with Gasteiger partial charge in [0.15, 0.2) is 0 Å². The Balaban J connectivity index is 3.56. The van der Waals surface area contributed by atoms with Gasteiger partial charge in [0.05, 0.1) is 4.47 Å². The van der Waals surface area contributed by atoms with Gasteiger partial charge in [-0.05, 0) is 15.9 Å². The van der Waals surface area contributed by atoms with Crippen LogP contribution < -0.4 is 5.14 Å². The topological polar surface area (TPSA) is 73.1 Å². The molecule has 84 valence electrons. The minimum atomic E-state index is -4.27. The molecule has 0 saturated heterocycles. The number of pyridine rings is 1. The van der Waals surface area contributed by atoms with E-state index >= 15 is 0 Å². The highest BCUT2D eigenvalue weighted by Gasteiger charge is 2.23. The zero-order valence-electron chi connectivity index (χ0n) is 6.92. The number of halogens is 4. The van der Waals surface area contributed by atoms with Crippen LogP contribution in [0.1, 0.15) is 12.1 Å². The largest absolute Gasteiger partial charge is 0.281 e. The number of alkyl halides is 2. The van der Waals surface area contributed by atoms with E-state index in [1.165, 1.54) is 0 Å². The van der Waals surface area contributed by atoms with Gasteiger partial charge in [0.2, 0.25) is 16.0 Å². The summed E-state index contributed by atoms with van der Waals surface area (Å²) < 4.78 is 58.5. The molecule has 1 aromatic rings. The molecule has 0 bridgehead atoms. The second-order valence-electron chi connectivity index (χ2n) is 2.49. The van der Waals surface area contributed by atoms with Crippen molar-refractivity contribution in [2.75, 3.05) is 0 Å². The molecule has 1 heterocycles. The molecule has 0 atom stereocenters. The number of aromatic nitrogens is 1. The van der Waals surface area contributed by atoms with E-state index in [9.17, 15) is 21.6 Å². The van der Waals surface area contributed by atoms with Crippen LogP contribution >= 0.6 is 15.9 Å². The third-order valence-corrected chi connectivity index (χ3v) is 3.46. The predicted molar refractivity (Wildman–Crippen MR) is 48.2 cm³/mol. The van der Waals surface area contributed by atoms with Crippen LogP contribution in [0.15, 0.2) is 15.4 Å². The first-order valence-electron chi connectivity index (χ1n) is 3.40. The van der Waals surface area contributed by atoms with Crippen LogP contribution in [0.3, 0.4) is 0 Å². The van der Waals surface area contributed by atoms with Gasteiger partial charge in [0, 0.05) is 6.07 Å². The first-order valence-corrected chi connectivity index (χ1v) is 5.74. The van der Waals surface area contributed by atoms with Crippen LogP contribution in [0.25, 0.3) is 0 Å². The molecule has 0 aliphatic rings. The molecule has 0 amide bonds. The van der Waals surface area contributed by atoms with Crippen LogP contribution in [0.2, 0.25) is 0 Å². The maximum atomic E-state index is 12.7. The Morgan fingerprint density at radius 3 is 2.40 bits per heavy atom. The Kier molecular flexibility index (Phi) is 3.36. The molecular formula is C6H4BrF3N2O2S. The van der Waals surface area contributed by atoms with E-state index < -0.39 is 37.5 Å². The average Bonchev–Trinajstić information content (AvgIpc) is 2.06. The molecule has 0 aliphatic carbocycles. The summed E-state index contributed by atoms with van der Waals surface area (Å²) >= 11 is 2.58. The van der Waals surface area contributed by atoms with E-state index in [1.807, 2.05) is 0 Å². The lowest BCUT2D eigenvalue weighted by molar-refractivity contribution is 0.143. The van der Waals surface area contributed by atoms with Gasteiger partial charge in [-0.15, -0.1) is 0 Å². The molecule has 9 heteroatoms. The van der Waals surface area contributed by atoms with Crippen molar-refractivity contribution in [3.05, 3.63) is 22.2 Å². The van der Waals surface area contributed by atoms with E-state index in [2.05, 4.69) is 20.9 Å². The standard InChI is InChI=1S/C6H4BrF3N2O2S/c7-4-2(15(11,13)14)1-3(8)12-5(4)6(9)10/h1,6H,(H2,11,13,14). The molecular weight excluding hydrogens is 301 g/mol. The van der Waals surface area contributed by atoms with Crippen LogP contribution in [-0.2, 0) is 10.0 Å². The molecule has 0 saturated carbocycles. The summed E-state index contributed by atoms with van der Waals surface area (Å²) in [6.45, 7) is 0. The van der Waals surface area contributed by atoms with Gasteiger partial charge in [-0.1, -0.05) is 0 Å². The number of nitrogens with zero attached hydrogens (tertiary/aromatic N) is 1. The van der Waals surface area contributed by atoms with Gasteiger partial charge in [-0.3, -0.25) is 0 Å². The van der Waals surface area contributed by atoms with Crippen LogP contribution in [0, 0.1) is 5.95 Å². The van der Waals surface area contributed by atoms with Crippen LogP contribution in [-0.4, -0.2) is 13.4 Å². The molecule has 0 unspecified atom stereocenters. The molecule has 2 N–H and O–H groups in total. The van der Waals surface area contributed by atoms with Crippen LogP contribution in [0.5, 0.6) is 0 Å². The summed E-state index contributed by atoms with van der Waals surface area (Å²) in [5.41, 5.74) is -1.00. The average molecular weight is 305 g/mol. The van der Waals surface area contributed by atoms with Gasteiger partial charge in [-0.2, -0.15) is 4.39 Å². The van der Waals surface area contributed by atoms with Gasteiger partial charge in [0.25, 0.3) is 6.43 Å². The molecule has 0 radical (unpaired) electrons. The normalized spacial score (nSPS) is 12.1. The highest BCUT2D eigenvalue weighted by atomic mass is 79.9. The second kappa shape index (κ2) is 4.06. The maximum absolute atomic E-state index is 12.7. The van der Waals surface area contributed by atoms with E-state index in [0.29, 0.717) is 6.07 Å². The fourth-order valence-electron chi connectivity index (χ4n) is 0.846. The van der Waals surface area contributed by atoms with Crippen molar-refractivity contribution in [1.82, 2.24) is 4.98 Å². The Bertz CT molecular complexity index is 491. The fourth-order valence-corrected chi connectivity index (χ4v) is 2.51. The molecule has 0 aliphatic heterocycles. The van der Waals surface area contributed by atoms with E-state index in [1.54, 1.807) is 0 Å². The number of hydrogen-bond acceptors (Lipinski definition) is 3. The summed E-state index contributed by atoms with van der Waals surface area (Å²) in [5.74, 6) is -1.34. The summed E-state index contributed by atoms with van der Waals surface area (Å²) in [6, 6.07) is 0.464. The van der Waals surface area contributed by atoms with Crippen molar-refractivity contribution >= 4 is 26.0 Å². The van der Waals surface area contributed by atoms with Gasteiger partial charge < -0.3 is 0 Å². The molecule has 1 rings (SSSR count). The van der Waals surface area contributed by atoms with Crippen molar-refractivity contribution in [3.63, 3.8) is 0 Å². The number of rotatable bonds is 2. The van der Waals surface area contributed by atoms with E-state index in [0.717, 1.165) is 0 Å². The predicted octanol–water partition coefficient (Wildman–Crippen LogP) is 1.57. The first kappa shape index (κ1) is 12.4. The summed E-state index contributed by atoms with van der Waals surface area (Å²) in [5, 5.41) is 4.70. The number of primary sulfonamides is 1. The molecule has 0 fully saturated rings. The minimum absolute atomic E-state index is 0.464. The maximum Gasteiger partial charge on any atom is 0.281 e. The lowest BCUT2D eigenvalue weighted by Gasteiger charge is -2.06. The molecule has 0 spiro atoms. The van der Waals surface area contributed by atoms with Gasteiger partial charge in [0.1, 0.15) is 10.6 Å². The number of nitrogens with two attached hydrogens (primary N) is 1. The van der Waals surface area contributed by atoms with E-state index in [-0.39, 0.29) is 0 Å². The number of sulfonamides is 1. The lowest BCUT2D eigenvalue weighted by atomic mass is 10.3. The zero-order valence-corrected chi connectivity index (χ0v) is 9.32. The van der Waals surface area contributed by atoms with Crippen molar-refractivity contribution in [3.8, 4) is 0 Å². The summed E-state index contributed by atoms with van der Waals surface area (Å²) in [4.78, 5) is 2.10. The van der Waals surface area contributed by atoms with Gasteiger partial charge >= 0.3 is 0 Å². The molecule has 1 aromatic heterocycles. The summed E-state index contributed by atoms with van der Waals surface area (Å²) in [6.07, 6.45) is -3.10. The summed E-state index contributed by atoms with van der Waals surface area (Å²) in [7, 11) is -4.27. The third-order valence-electron chi connectivity index (χ3n) is 1.43. The Morgan fingerprint density at radius 2 is 2.00 bits per heavy atom.